The summed E-state index contributed by atoms with van der Waals surface area (Å²) in [4.78, 5) is 0. The van der Waals surface area contributed by atoms with E-state index in [4.69, 9.17) is 10.2 Å². The van der Waals surface area contributed by atoms with Crippen LogP contribution in [0.4, 0.5) is 0 Å². The Morgan fingerprint density at radius 2 is 1.21 bits per heavy atom. The number of fused-ring (bicyclic) bond motifs is 1. The molecule has 2 aromatic carbocycles. The Kier molecular flexibility index (Phi) is 2.48. The normalized spacial score (nSPS) is 10.7. The maximum Gasteiger partial charge on any atom is 0.0685 e. The first-order valence-corrected chi connectivity index (χ1v) is 4.57. The zero-order chi connectivity index (χ0) is 9.97. The fourth-order valence-corrected chi connectivity index (χ4v) is 1.63. The van der Waals surface area contributed by atoms with E-state index in [1.165, 1.54) is 0 Å². The second-order valence-corrected chi connectivity index (χ2v) is 3.28. The molecule has 0 aliphatic rings. The van der Waals surface area contributed by atoms with Crippen LogP contribution in [0.1, 0.15) is 11.1 Å². The summed E-state index contributed by atoms with van der Waals surface area (Å²) >= 11 is 0. The molecule has 2 N–H and O–H groups in total. The largest absolute Gasteiger partial charge is 0.392 e. The molecule has 0 saturated heterocycles. The number of aliphatic hydroxyl groups excluding tert-OH is 2. The topological polar surface area (TPSA) is 40.5 Å². The van der Waals surface area contributed by atoms with Gasteiger partial charge in [0.2, 0.25) is 0 Å². The first-order chi connectivity index (χ1) is 6.85. The Morgan fingerprint density at radius 3 is 1.57 bits per heavy atom. The van der Waals surface area contributed by atoms with Crippen LogP contribution in [0.2, 0.25) is 0 Å². The minimum absolute atomic E-state index is 0.0271. The van der Waals surface area contributed by atoms with E-state index in [1.807, 2.05) is 36.4 Å². The highest BCUT2D eigenvalue weighted by molar-refractivity contribution is 5.84. The summed E-state index contributed by atoms with van der Waals surface area (Å²) in [7, 11) is 0. The molecular formula is C12H12O2. The number of hydrogen-bond donors (Lipinski definition) is 2. The Morgan fingerprint density at radius 1 is 0.786 bits per heavy atom. The van der Waals surface area contributed by atoms with Gasteiger partial charge in [-0.3, -0.25) is 0 Å². The summed E-state index contributed by atoms with van der Waals surface area (Å²) in [5.41, 5.74) is 1.59. The van der Waals surface area contributed by atoms with Gasteiger partial charge in [-0.1, -0.05) is 24.3 Å². The van der Waals surface area contributed by atoms with Crippen LogP contribution in [-0.4, -0.2) is 10.2 Å². The minimum atomic E-state index is -0.0271. The molecule has 0 heterocycles. The molecule has 0 radical (unpaired) electrons. The lowest BCUT2D eigenvalue weighted by Crippen LogP contribution is -1.93. The van der Waals surface area contributed by atoms with Crippen molar-refractivity contribution in [1.29, 1.82) is 0 Å². The molecule has 0 aliphatic heterocycles. The molecule has 0 aromatic heterocycles. The first-order valence-electron chi connectivity index (χ1n) is 4.57. The smallest absolute Gasteiger partial charge is 0.0685 e. The summed E-state index contributed by atoms with van der Waals surface area (Å²) in [6.07, 6.45) is 0. The van der Waals surface area contributed by atoms with Gasteiger partial charge in [-0.05, 0) is 34.0 Å². The minimum Gasteiger partial charge on any atom is -0.392 e. The standard InChI is InChI=1S/C12H12O2/c13-7-11-5-9-3-1-2-4-10(9)6-12(11)8-14/h1-6,13-14H,7-8H2. The van der Waals surface area contributed by atoms with Crippen molar-refractivity contribution in [1.82, 2.24) is 0 Å². The van der Waals surface area contributed by atoms with Gasteiger partial charge in [-0.2, -0.15) is 0 Å². The lowest BCUT2D eigenvalue weighted by atomic mass is 10.0. The van der Waals surface area contributed by atoms with Crippen LogP contribution in [-0.2, 0) is 13.2 Å². The number of hydrogen-bond acceptors (Lipinski definition) is 2. The second-order valence-electron chi connectivity index (χ2n) is 3.28. The van der Waals surface area contributed by atoms with E-state index in [-0.39, 0.29) is 13.2 Å². The molecule has 0 spiro atoms. The summed E-state index contributed by atoms with van der Waals surface area (Å²) in [6, 6.07) is 11.7. The second kappa shape index (κ2) is 3.78. The fraction of sp³-hybridized carbons (Fsp3) is 0.167. The lowest BCUT2D eigenvalue weighted by molar-refractivity contribution is 0.260. The van der Waals surface area contributed by atoms with E-state index in [9.17, 15) is 0 Å². The van der Waals surface area contributed by atoms with E-state index in [0.717, 1.165) is 21.9 Å². The van der Waals surface area contributed by atoms with Crippen molar-refractivity contribution in [3.63, 3.8) is 0 Å². The third-order valence-corrected chi connectivity index (χ3v) is 2.41. The molecule has 0 saturated carbocycles. The molecule has 0 amide bonds. The molecule has 72 valence electrons. The van der Waals surface area contributed by atoms with E-state index in [0.29, 0.717) is 0 Å². The first kappa shape index (κ1) is 9.19. The van der Waals surface area contributed by atoms with E-state index in [1.54, 1.807) is 0 Å². The zero-order valence-corrected chi connectivity index (χ0v) is 7.77. The van der Waals surface area contributed by atoms with Gasteiger partial charge in [-0.25, -0.2) is 0 Å². The van der Waals surface area contributed by atoms with Gasteiger partial charge in [0.15, 0.2) is 0 Å². The lowest BCUT2D eigenvalue weighted by Gasteiger charge is -2.06. The molecule has 14 heavy (non-hydrogen) atoms. The molecule has 0 bridgehead atoms. The summed E-state index contributed by atoms with van der Waals surface area (Å²) in [6.45, 7) is -0.0541. The van der Waals surface area contributed by atoms with Gasteiger partial charge < -0.3 is 10.2 Å². The molecule has 0 aliphatic carbocycles. The van der Waals surface area contributed by atoms with Crippen LogP contribution in [0.15, 0.2) is 36.4 Å². The van der Waals surface area contributed by atoms with Crippen molar-refractivity contribution >= 4 is 10.8 Å². The van der Waals surface area contributed by atoms with Crippen molar-refractivity contribution in [3.8, 4) is 0 Å². The van der Waals surface area contributed by atoms with Gasteiger partial charge in [0, 0.05) is 0 Å². The molecule has 0 atom stereocenters. The highest BCUT2D eigenvalue weighted by Crippen LogP contribution is 2.20. The van der Waals surface area contributed by atoms with Gasteiger partial charge >= 0.3 is 0 Å². The van der Waals surface area contributed by atoms with Gasteiger partial charge in [0.1, 0.15) is 0 Å². The van der Waals surface area contributed by atoms with Crippen molar-refractivity contribution < 1.29 is 10.2 Å². The predicted octanol–water partition coefficient (Wildman–Crippen LogP) is 1.82. The summed E-state index contributed by atoms with van der Waals surface area (Å²) in [5, 5.41) is 20.4. The van der Waals surface area contributed by atoms with Crippen molar-refractivity contribution in [2.24, 2.45) is 0 Å². The molecule has 2 heteroatoms. The average Bonchev–Trinajstić information content (AvgIpc) is 2.27. The van der Waals surface area contributed by atoms with Crippen LogP contribution in [0.25, 0.3) is 10.8 Å². The molecular weight excluding hydrogens is 176 g/mol. The SMILES string of the molecule is OCc1cc2ccccc2cc1CO. The van der Waals surface area contributed by atoms with E-state index >= 15 is 0 Å². The summed E-state index contributed by atoms with van der Waals surface area (Å²) in [5.74, 6) is 0. The van der Waals surface area contributed by atoms with Crippen LogP contribution in [0, 0.1) is 0 Å². The van der Waals surface area contributed by atoms with Crippen molar-refractivity contribution in [2.75, 3.05) is 0 Å². The molecule has 0 fully saturated rings. The average molecular weight is 188 g/mol. The maximum absolute atomic E-state index is 9.10. The Hall–Kier alpha value is -1.38. The fourth-order valence-electron chi connectivity index (χ4n) is 1.63. The third-order valence-electron chi connectivity index (χ3n) is 2.41. The highest BCUT2D eigenvalue weighted by atomic mass is 16.3. The number of benzene rings is 2. The molecule has 2 aromatic rings. The third kappa shape index (κ3) is 1.50. The summed E-state index contributed by atoms with van der Waals surface area (Å²) < 4.78 is 0. The quantitative estimate of drug-likeness (QED) is 0.754. The predicted molar refractivity (Wildman–Crippen MR) is 55.8 cm³/mol. The zero-order valence-electron chi connectivity index (χ0n) is 7.77. The molecule has 2 nitrogen and oxygen atoms in total. The van der Waals surface area contributed by atoms with Crippen molar-refractivity contribution in [3.05, 3.63) is 47.5 Å². The maximum atomic E-state index is 9.10. The van der Waals surface area contributed by atoms with Crippen LogP contribution < -0.4 is 0 Å². The Balaban J connectivity index is 2.69. The Bertz CT molecular complexity index is 407. The van der Waals surface area contributed by atoms with Crippen LogP contribution >= 0.6 is 0 Å². The van der Waals surface area contributed by atoms with Crippen LogP contribution in [0.3, 0.4) is 0 Å². The van der Waals surface area contributed by atoms with Crippen LogP contribution in [0.5, 0.6) is 0 Å². The van der Waals surface area contributed by atoms with E-state index in [2.05, 4.69) is 0 Å². The Labute approximate surface area is 82.4 Å². The van der Waals surface area contributed by atoms with Gasteiger partial charge in [0.25, 0.3) is 0 Å². The van der Waals surface area contributed by atoms with Gasteiger partial charge in [-0.15, -0.1) is 0 Å². The highest BCUT2D eigenvalue weighted by Gasteiger charge is 2.02. The number of rotatable bonds is 2. The molecule has 2 rings (SSSR count). The number of aliphatic hydroxyl groups is 2. The monoisotopic (exact) mass is 188 g/mol. The van der Waals surface area contributed by atoms with Crippen molar-refractivity contribution in [2.45, 2.75) is 13.2 Å². The molecule has 0 unspecified atom stereocenters. The van der Waals surface area contributed by atoms with Gasteiger partial charge in [0.05, 0.1) is 13.2 Å². The van der Waals surface area contributed by atoms with E-state index < -0.39 is 0 Å².